The average Bonchev–Trinajstić information content (AvgIpc) is 3.29. The molecular formula is C58H96O6. The van der Waals surface area contributed by atoms with E-state index < -0.39 is 6.10 Å². The quantitative estimate of drug-likeness (QED) is 0.0199. The third-order valence-electron chi connectivity index (χ3n) is 10.8. The fourth-order valence-electron chi connectivity index (χ4n) is 6.87. The lowest BCUT2D eigenvalue weighted by Crippen LogP contribution is -2.30. The molecule has 0 saturated carbocycles. The molecule has 0 heterocycles. The molecule has 0 rings (SSSR count). The molecule has 0 aliphatic rings. The molecule has 1 atom stereocenters. The maximum atomic E-state index is 12.8. The van der Waals surface area contributed by atoms with E-state index in [9.17, 15) is 14.4 Å². The number of unbranched alkanes of at least 4 members (excludes halogenated alkanes) is 20. The molecule has 0 aliphatic carbocycles. The minimum Gasteiger partial charge on any atom is -0.462 e. The van der Waals surface area contributed by atoms with Crippen LogP contribution in [0.15, 0.2) is 97.2 Å². The SMILES string of the molecule is CC/C=C\C/C=C\C/C=C\C/C=C\C/C=C\CCCCCC(=O)OCC(COC(=O)CCC/C=C\CCCCCC)OC(=O)CCCCCCC/C=C\C=C/CCCCCCCCC. The van der Waals surface area contributed by atoms with E-state index in [1.54, 1.807) is 0 Å². The molecule has 6 nitrogen and oxygen atoms in total. The van der Waals surface area contributed by atoms with Crippen LogP contribution in [0.3, 0.4) is 0 Å². The first kappa shape index (κ1) is 60.3. The van der Waals surface area contributed by atoms with Gasteiger partial charge in [0.1, 0.15) is 13.2 Å². The van der Waals surface area contributed by atoms with Crippen LogP contribution in [0, 0.1) is 0 Å². The van der Waals surface area contributed by atoms with Gasteiger partial charge >= 0.3 is 17.9 Å². The van der Waals surface area contributed by atoms with Gasteiger partial charge in [-0.05, 0) is 109 Å². The molecule has 0 aliphatic heterocycles. The average molecular weight is 889 g/mol. The van der Waals surface area contributed by atoms with Crippen molar-refractivity contribution in [1.82, 2.24) is 0 Å². The normalized spacial score (nSPS) is 12.9. The van der Waals surface area contributed by atoms with E-state index in [1.165, 1.54) is 77.0 Å². The third kappa shape index (κ3) is 49.3. The van der Waals surface area contributed by atoms with Crippen LogP contribution in [-0.4, -0.2) is 37.2 Å². The van der Waals surface area contributed by atoms with Crippen molar-refractivity contribution in [3.05, 3.63) is 97.2 Å². The van der Waals surface area contributed by atoms with Crippen molar-refractivity contribution in [2.45, 2.75) is 239 Å². The highest BCUT2D eigenvalue weighted by atomic mass is 16.6. The summed E-state index contributed by atoms with van der Waals surface area (Å²) in [6.45, 7) is 6.41. The molecule has 0 aromatic rings. The molecule has 0 saturated heterocycles. The van der Waals surface area contributed by atoms with E-state index in [2.05, 4.69) is 118 Å². The van der Waals surface area contributed by atoms with Crippen molar-refractivity contribution in [2.75, 3.05) is 13.2 Å². The van der Waals surface area contributed by atoms with Crippen molar-refractivity contribution in [3.63, 3.8) is 0 Å². The lowest BCUT2D eigenvalue weighted by atomic mass is 10.1. The smallest absolute Gasteiger partial charge is 0.306 e. The van der Waals surface area contributed by atoms with E-state index in [0.29, 0.717) is 25.7 Å². The van der Waals surface area contributed by atoms with Gasteiger partial charge in [0.25, 0.3) is 0 Å². The Labute approximate surface area is 394 Å². The van der Waals surface area contributed by atoms with Crippen LogP contribution in [-0.2, 0) is 28.6 Å². The molecular weight excluding hydrogens is 793 g/mol. The summed E-state index contributed by atoms with van der Waals surface area (Å²) in [5.74, 6) is -0.994. The number of carbonyl (C=O) groups is 3. The topological polar surface area (TPSA) is 78.9 Å². The molecule has 0 spiro atoms. The van der Waals surface area contributed by atoms with Crippen molar-refractivity contribution in [2.24, 2.45) is 0 Å². The van der Waals surface area contributed by atoms with E-state index in [4.69, 9.17) is 14.2 Å². The van der Waals surface area contributed by atoms with Crippen LogP contribution in [0.5, 0.6) is 0 Å². The molecule has 0 amide bonds. The Morgan fingerprint density at radius 2 is 0.672 bits per heavy atom. The van der Waals surface area contributed by atoms with Gasteiger partial charge in [-0.1, -0.05) is 201 Å². The van der Waals surface area contributed by atoms with Crippen LogP contribution in [0.25, 0.3) is 0 Å². The number of rotatable bonds is 46. The van der Waals surface area contributed by atoms with Crippen LogP contribution in [0.2, 0.25) is 0 Å². The zero-order valence-electron chi connectivity index (χ0n) is 41.5. The molecule has 6 heteroatoms. The zero-order valence-corrected chi connectivity index (χ0v) is 41.5. The molecule has 364 valence electrons. The Morgan fingerprint density at radius 1 is 0.344 bits per heavy atom. The first-order valence-corrected chi connectivity index (χ1v) is 26.3. The fourth-order valence-corrected chi connectivity index (χ4v) is 6.87. The lowest BCUT2D eigenvalue weighted by Gasteiger charge is -2.18. The second-order valence-corrected chi connectivity index (χ2v) is 17.1. The Bertz CT molecular complexity index is 1300. The van der Waals surface area contributed by atoms with E-state index in [1.807, 2.05) is 0 Å². The van der Waals surface area contributed by atoms with Crippen LogP contribution < -0.4 is 0 Å². The van der Waals surface area contributed by atoms with Crippen molar-refractivity contribution in [1.29, 1.82) is 0 Å². The zero-order chi connectivity index (χ0) is 46.5. The number of carbonyl (C=O) groups excluding carboxylic acids is 3. The van der Waals surface area contributed by atoms with Crippen LogP contribution in [0.4, 0.5) is 0 Å². The Hall–Kier alpha value is -3.67. The van der Waals surface area contributed by atoms with Gasteiger partial charge in [0, 0.05) is 19.3 Å². The fraction of sp³-hybridized carbons (Fsp3) is 0.672. The summed E-state index contributed by atoms with van der Waals surface area (Å²) in [4.78, 5) is 37.9. The van der Waals surface area contributed by atoms with Gasteiger partial charge in [-0.25, -0.2) is 0 Å². The van der Waals surface area contributed by atoms with Gasteiger partial charge in [-0.2, -0.15) is 0 Å². The van der Waals surface area contributed by atoms with E-state index in [0.717, 1.165) is 109 Å². The Kier molecular flexibility index (Phi) is 49.0. The van der Waals surface area contributed by atoms with Crippen molar-refractivity contribution in [3.8, 4) is 0 Å². The summed E-state index contributed by atoms with van der Waals surface area (Å²) in [6, 6.07) is 0. The summed E-state index contributed by atoms with van der Waals surface area (Å²) >= 11 is 0. The van der Waals surface area contributed by atoms with Crippen molar-refractivity contribution < 1.29 is 28.6 Å². The number of hydrogen-bond donors (Lipinski definition) is 0. The molecule has 0 fully saturated rings. The predicted octanol–water partition coefficient (Wildman–Crippen LogP) is 17.4. The molecule has 0 aromatic carbocycles. The molecule has 0 aromatic heterocycles. The Balaban J connectivity index is 4.44. The summed E-state index contributed by atoms with van der Waals surface area (Å²) in [6.07, 6.45) is 68.3. The molecule has 0 radical (unpaired) electrons. The summed E-state index contributed by atoms with van der Waals surface area (Å²) in [5.41, 5.74) is 0. The maximum absolute atomic E-state index is 12.8. The second-order valence-electron chi connectivity index (χ2n) is 17.1. The summed E-state index contributed by atoms with van der Waals surface area (Å²) in [7, 11) is 0. The minimum absolute atomic E-state index is 0.111. The van der Waals surface area contributed by atoms with E-state index in [-0.39, 0.29) is 31.1 Å². The first-order chi connectivity index (χ1) is 31.5. The van der Waals surface area contributed by atoms with Gasteiger partial charge < -0.3 is 14.2 Å². The van der Waals surface area contributed by atoms with Gasteiger partial charge in [0.05, 0.1) is 0 Å². The molecule has 0 bridgehead atoms. The van der Waals surface area contributed by atoms with Gasteiger partial charge in [-0.3, -0.25) is 14.4 Å². The van der Waals surface area contributed by atoms with Crippen LogP contribution >= 0.6 is 0 Å². The summed E-state index contributed by atoms with van der Waals surface area (Å²) < 4.78 is 16.7. The first-order valence-electron chi connectivity index (χ1n) is 26.3. The number of hydrogen-bond acceptors (Lipinski definition) is 6. The van der Waals surface area contributed by atoms with E-state index >= 15 is 0 Å². The number of ether oxygens (including phenoxy) is 3. The van der Waals surface area contributed by atoms with Gasteiger partial charge in [0.15, 0.2) is 6.10 Å². The highest BCUT2D eigenvalue weighted by molar-refractivity contribution is 5.71. The lowest BCUT2D eigenvalue weighted by molar-refractivity contribution is -0.167. The third-order valence-corrected chi connectivity index (χ3v) is 10.8. The molecule has 1 unspecified atom stereocenters. The van der Waals surface area contributed by atoms with Gasteiger partial charge in [-0.15, -0.1) is 0 Å². The molecule has 64 heavy (non-hydrogen) atoms. The highest BCUT2D eigenvalue weighted by Gasteiger charge is 2.19. The standard InChI is InChI=1S/C58H96O6/c1-4-7-10-13-16-19-21-23-25-27-29-31-32-34-36-39-42-45-48-51-57(60)63-54-55(53-62-56(59)50-47-44-41-38-18-15-12-9-6-3)64-58(61)52-49-46-43-40-37-35-33-30-28-26-24-22-20-17-14-11-8-5-2/h7,10,16,19,23,25-26,28-31,33-34,36,38,41,55H,4-6,8-9,11-15,17-18,20-22,24,27,32,35,37,39-40,42-54H2,1-3H3/b10-7-,19-16-,25-23-,28-26-,31-29-,33-30-,36-34-,41-38-. The number of esters is 3. The largest absolute Gasteiger partial charge is 0.462 e. The van der Waals surface area contributed by atoms with Gasteiger partial charge in [0.2, 0.25) is 0 Å². The molecule has 0 N–H and O–H groups in total. The van der Waals surface area contributed by atoms with Crippen molar-refractivity contribution >= 4 is 17.9 Å². The second kappa shape index (κ2) is 52.0. The number of allylic oxidation sites excluding steroid dienone is 16. The summed E-state index contributed by atoms with van der Waals surface area (Å²) in [5, 5.41) is 0. The Morgan fingerprint density at radius 3 is 1.16 bits per heavy atom. The van der Waals surface area contributed by atoms with Crippen LogP contribution in [0.1, 0.15) is 233 Å². The monoisotopic (exact) mass is 889 g/mol. The predicted molar refractivity (Wildman–Crippen MR) is 274 cm³/mol. The maximum Gasteiger partial charge on any atom is 0.306 e. The minimum atomic E-state index is -0.810. The highest BCUT2D eigenvalue weighted by Crippen LogP contribution is 2.13.